The van der Waals surface area contributed by atoms with Crippen molar-refractivity contribution in [3.05, 3.63) is 70.8 Å². The number of carbonyl (C=O) groups excluding carboxylic acids is 1. The number of anilines is 1. The third kappa shape index (κ3) is 4.35. The minimum atomic E-state index is -0.984. The first-order valence-electron chi connectivity index (χ1n) is 9.07. The van der Waals surface area contributed by atoms with Crippen LogP contribution in [0.5, 0.6) is 0 Å². The summed E-state index contributed by atoms with van der Waals surface area (Å²) in [5, 5.41) is 9.94. The van der Waals surface area contributed by atoms with Crippen LogP contribution in [0.2, 0.25) is 0 Å². The third-order valence-corrected chi connectivity index (χ3v) is 4.30. The van der Waals surface area contributed by atoms with Gasteiger partial charge < -0.3 is 10.2 Å². The van der Waals surface area contributed by atoms with E-state index in [1.165, 1.54) is 20.2 Å². The maximum Gasteiger partial charge on any atom is 0.262 e. The van der Waals surface area contributed by atoms with E-state index in [0.717, 1.165) is 10.7 Å². The highest BCUT2D eigenvalue weighted by Gasteiger charge is 2.23. The van der Waals surface area contributed by atoms with E-state index in [-0.39, 0.29) is 22.5 Å². The number of nitrogens with zero attached hydrogens (tertiary/aromatic N) is 3. The lowest BCUT2D eigenvalue weighted by Crippen LogP contribution is -2.16. The molecule has 0 bridgehead atoms. The maximum absolute atomic E-state index is 14.6. The summed E-state index contributed by atoms with van der Waals surface area (Å²) in [6.07, 6.45) is 1.50. The van der Waals surface area contributed by atoms with E-state index >= 15 is 0 Å². The Balaban J connectivity index is 1.98. The highest BCUT2D eigenvalue weighted by atomic mass is 19.1. The molecule has 1 amide bonds. The molecule has 1 heterocycles. The number of aromatic nitrogens is 2. The standard InChI is InChI=1S/C21H19F3N4O2/c1-4-30-25-11-13-5-7-14(8-6-13)16-9-15(22)10-17(23)19(16)26-21(29)18-12(2)27-28(3)20(18)24/h5-11H,4H2,1-3H3,(H,26,29). The van der Waals surface area contributed by atoms with Gasteiger partial charge in [0.15, 0.2) is 0 Å². The molecule has 0 aliphatic rings. The number of oxime groups is 1. The number of halogens is 3. The van der Waals surface area contributed by atoms with Crippen molar-refractivity contribution >= 4 is 17.8 Å². The molecule has 0 spiro atoms. The Morgan fingerprint density at radius 3 is 2.53 bits per heavy atom. The molecule has 9 heteroatoms. The van der Waals surface area contributed by atoms with Gasteiger partial charge >= 0.3 is 0 Å². The van der Waals surface area contributed by atoms with Crippen molar-refractivity contribution < 1.29 is 22.8 Å². The van der Waals surface area contributed by atoms with Crippen LogP contribution >= 0.6 is 0 Å². The number of benzene rings is 2. The SMILES string of the molecule is CCON=Cc1ccc(-c2cc(F)cc(F)c2NC(=O)c2c(C)nn(C)c2F)cc1. The molecule has 0 saturated heterocycles. The first-order chi connectivity index (χ1) is 14.3. The molecule has 0 fully saturated rings. The fraction of sp³-hybridized carbons (Fsp3) is 0.190. The predicted molar refractivity (Wildman–Crippen MR) is 107 cm³/mol. The summed E-state index contributed by atoms with van der Waals surface area (Å²) in [5.41, 5.74) is 0.836. The molecule has 0 atom stereocenters. The zero-order chi connectivity index (χ0) is 21.8. The highest BCUT2D eigenvalue weighted by Crippen LogP contribution is 2.32. The lowest BCUT2D eigenvalue weighted by molar-refractivity contribution is 0.102. The van der Waals surface area contributed by atoms with Gasteiger partial charge in [-0.1, -0.05) is 29.4 Å². The van der Waals surface area contributed by atoms with E-state index < -0.39 is 23.5 Å². The number of hydrogen-bond acceptors (Lipinski definition) is 4. The molecule has 156 valence electrons. The summed E-state index contributed by atoms with van der Waals surface area (Å²) in [4.78, 5) is 17.5. The van der Waals surface area contributed by atoms with E-state index in [1.54, 1.807) is 31.2 Å². The van der Waals surface area contributed by atoms with Gasteiger partial charge in [0.2, 0.25) is 5.95 Å². The molecule has 0 aliphatic heterocycles. The molecule has 6 nitrogen and oxygen atoms in total. The number of amides is 1. The molecule has 1 aromatic heterocycles. The molecule has 3 rings (SSSR count). The second-order valence-electron chi connectivity index (χ2n) is 6.41. The zero-order valence-electron chi connectivity index (χ0n) is 16.5. The van der Waals surface area contributed by atoms with Gasteiger partial charge in [-0.15, -0.1) is 0 Å². The van der Waals surface area contributed by atoms with E-state index in [0.29, 0.717) is 23.8 Å². The normalized spacial score (nSPS) is 11.1. The zero-order valence-corrected chi connectivity index (χ0v) is 16.5. The first kappa shape index (κ1) is 21.1. The van der Waals surface area contributed by atoms with Gasteiger partial charge in [-0.25, -0.2) is 13.5 Å². The fourth-order valence-electron chi connectivity index (χ4n) is 2.91. The lowest BCUT2D eigenvalue weighted by atomic mass is 10.0. The molecule has 30 heavy (non-hydrogen) atoms. The number of rotatable bonds is 6. The Bertz CT molecular complexity index is 1110. The minimum absolute atomic E-state index is 0.107. The van der Waals surface area contributed by atoms with E-state index in [2.05, 4.69) is 15.6 Å². The van der Waals surface area contributed by atoms with Crippen LogP contribution in [-0.4, -0.2) is 28.5 Å². The van der Waals surface area contributed by atoms with Gasteiger partial charge in [-0.3, -0.25) is 4.79 Å². The third-order valence-electron chi connectivity index (χ3n) is 4.30. The van der Waals surface area contributed by atoms with Gasteiger partial charge in [0.25, 0.3) is 5.91 Å². The molecule has 0 aliphatic carbocycles. The molecule has 3 aromatic rings. The van der Waals surface area contributed by atoms with Crippen molar-refractivity contribution in [1.82, 2.24) is 9.78 Å². The number of carbonyl (C=O) groups is 1. The fourth-order valence-corrected chi connectivity index (χ4v) is 2.91. The minimum Gasteiger partial charge on any atom is -0.396 e. The van der Waals surface area contributed by atoms with Crippen LogP contribution in [-0.2, 0) is 11.9 Å². The van der Waals surface area contributed by atoms with Crippen molar-refractivity contribution in [2.24, 2.45) is 12.2 Å². The average Bonchev–Trinajstić information content (AvgIpc) is 2.96. The van der Waals surface area contributed by atoms with Crippen LogP contribution in [0.25, 0.3) is 11.1 Å². The molecule has 2 aromatic carbocycles. The Morgan fingerprint density at radius 2 is 1.93 bits per heavy atom. The molecule has 1 N–H and O–H groups in total. The molecule has 0 radical (unpaired) electrons. The Morgan fingerprint density at radius 1 is 1.23 bits per heavy atom. The van der Waals surface area contributed by atoms with Crippen LogP contribution in [0, 0.1) is 24.5 Å². The van der Waals surface area contributed by atoms with Gasteiger partial charge in [0, 0.05) is 18.7 Å². The number of nitrogens with one attached hydrogen (secondary N) is 1. The van der Waals surface area contributed by atoms with Crippen molar-refractivity contribution in [3.8, 4) is 11.1 Å². The van der Waals surface area contributed by atoms with E-state index in [1.807, 2.05) is 0 Å². The van der Waals surface area contributed by atoms with Gasteiger partial charge in [-0.2, -0.15) is 9.49 Å². The van der Waals surface area contributed by atoms with E-state index in [4.69, 9.17) is 4.84 Å². The van der Waals surface area contributed by atoms with Crippen molar-refractivity contribution in [3.63, 3.8) is 0 Å². The largest absolute Gasteiger partial charge is 0.396 e. The Kier molecular flexibility index (Phi) is 6.20. The molecule has 0 saturated carbocycles. The van der Waals surface area contributed by atoms with Crippen LogP contribution < -0.4 is 5.32 Å². The predicted octanol–water partition coefficient (Wildman–Crippen LogP) is 4.44. The summed E-state index contributed by atoms with van der Waals surface area (Å²) in [6.45, 7) is 3.69. The summed E-state index contributed by atoms with van der Waals surface area (Å²) in [6, 6.07) is 8.33. The van der Waals surface area contributed by atoms with Gasteiger partial charge in [-0.05, 0) is 31.0 Å². The molecular formula is C21H19F3N4O2. The highest BCUT2D eigenvalue weighted by molar-refractivity contribution is 6.07. The number of aryl methyl sites for hydroxylation is 2. The summed E-state index contributed by atoms with van der Waals surface area (Å²) in [5.74, 6) is -3.54. The monoisotopic (exact) mass is 416 g/mol. The van der Waals surface area contributed by atoms with Gasteiger partial charge in [0.05, 0.1) is 17.6 Å². The number of hydrogen-bond donors (Lipinski definition) is 1. The van der Waals surface area contributed by atoms with Crippen LogP contribution in [0.15, 0.2) is 41.6 Å². The Labute approximate surface area is 171 Å². The molecular weight excluding hydrogens is 397 g/mol. The van der Waals surface area contributed by atoms with E-state index in [9.17, 15) is 18.0 Å². The van der Waals surface area contributed by atoms with Crippen LogP contribution in [0.4, 0.5) is 18.9 Å². The topological polar surface area (TPSA) is 68.5 Å². The summed E-state index contributed by atoms with van der Waals surface area (Å²) in [7, 11) is 1.35. The summed E-state index contributed by atoms with van der Waals surface area (Å²) >= 11 is 0. The van der Waals surface area contributed by atoms with Gasteiger partial charge in [0.1, 0.15) is 23.8 Å². The first-order valence-corrected chi connectivity index (χ1v) is 9.07. The van der Waals surface area contributed by atoms with Crippen molar-refractivity contribution in [1.29, 1.82) is 0 Å². The Hall–Kier alpha value is -3.62. The lowest BCUT2D eigenvalue weighted by Gasteiger charge is -2.13. The van der Waals surface area contributed by atoms with Crippen LogP contribution in [0.3, 0.4) is 0 Å². The van der Waals surface area contributed by atoms with Crippen molar-refractivity contribution in [2.45, 2.75) is 13.8 Å². The second-order valence-corrected chi connectivity index (χ2v) is 6.41. The summed E-state index contributed by atoms with van der Waals surface area (Å²) < 4.78 is 43.6. The maximum atomic E-state index is 14.6. The van der Waals surface area contributed by atoms with Crippen LogP contribution in [0.1, 0.15) is 28.5 Å². The second kappa shape index (κ2) is 8.81. The smallest absolute Gasteiger partial charge is 0.262 e. The average molecular weight is 416 g/mol. The van der Waals surface area contributed by atoms with Crippen molar-refractivity contribution in [2.75, 3.05) is 11.9 Å². The quantitative estimate of drug-likeness (QED) is 0.477. The molecule has 0 unspecified atom stereocenters.